The van der Waals surface area contributed by atoms with E-state index in [1.807, 2.05) is 4.98 Å². The smallest absolute Gasteiger partial charge is 0.390 e. The lowest BCUT2D eigenvalue weighted by Gasteiger charge is -1.92. The van der Waals surface area contributed by atoms with Crippen molar-refractivity contribution in [1.29, 1.82) is 0 Å². The number of nitrogens with zero attached hydrogens (tertiary/aromatic N) is 3. The summed E-state index contributed by atoms with van der Waals surface area (Å²) < 4.78 is 0. The fraction of sp³-hybridized carbons (Fsp3) is 0. The zero-order chi connectivity index (χ0) is 11.0. The molecule has 0 fully saturated rings. The van der Waals surface area contributed by atoms with Crippen molar-refractivity contribution in [1.82, 2.24) is 19.9 Å². The summed E-state index contributed by atoms with van der Waals surface area (Å²) in [6, 6.07) is 0. The predicted octanol–water partition coefficient (Wildman–Crippen LogP) is -1.09. The number of hydrogen-bond acceptors (Lipinski definition) is 6. The van der Waals surface area contributed by atoms with Gasteiger partial charge < -0.3 is 10.1 Å². The van der Waals surface area contributed by atoms with Crippen LogP contribution in [0, 0.1) is 10.1 Å². The van der Waals surface area contributed by atoms with Gasteiger partial charge in [0.25, 0.3) is 5.56 Å². The van der Waals surface area contributed by atoms with Crippen LogP contribution >= 0.6 is 0 Å². The van der Waals surface area contributed by atoms with Crippen molar-refractivity contribution in [3.05, 3.63) is 37.1 Å². The lowest BCUT2D eigenvalue weighted by Crippen LogP contribution is -2.22. The minimum Gasteiger partial charge on any atom is -0.390 e. The molecule has 0 aromatic carbocycles. The van der Waals surface area contributed by atoms with Crippen molar-refractivity contribution < 1.29 is 4.92 Å². The predicted molar refractivity (Wildman–Crippen MR) is 47.4 cm³/mol. The fourth-order valence-corrected chi connectivity index (χ4v) is 1.03. The molecule has 0 aliphatic carbocycles. The third-order valence-corrected chi connectivity index (χ3v) is 1.64. The maximum Gasteiger partial charge on any atom is 0.470 e. The number of aromatic amines is 2. The Morgan fingerprint density at radius 2 is 2.07 bits per heavy atom. The second-order valence-corrected chi connectivity index (χ2v) is 2.60. The molecule has 2 N–H and O–H groups in total. The van der Waals surface area contributed by atoms with Crippen LogP contribution in [-0.2, 0) is 0 Å². The van der Waals surface area contributed by atoms with Gasteiger partial charge in [0.2, 0.25) is 5.65 Å². The van der Waals surface area contributed by atoms with E-state index in [-0.39, 0.29) is 11.0 Å². The Morgan fingerprint density at radius 3 is 2.73 bits per heavy atom. The fourth-order valence-electron chi connectivity index (χ4n) is 1.03. The molecule has 9 heteroatoms. The van der Waals surface area contributed by atoms with Crippen molar-refractivity contribution in [3.63, 3.8) is 0 Å². The van der Waals surface area contributed by atoms with E-state index in [9.17, 15) is 19.7 Å². The summed E-state index contributed by atoms with van der Waals surface area (Å²) in [7, 11) is 0. The van der Waals surface area contributed by atoms with Gasteiger partial charge in [-0.1, -0.05) is 4.98 Å². The summed E-state index contributed by atoms with van der Waals surface area (Å²) in [5.74, 6) is -0.677. The molecular weight excluding hydrogens is 206 g/mol. The molecule has 2 aromatic heterocycles. The Labute approximate surface area is 80.0 Å². The molecule has 9 nitrogen and oxygen atoms in total. The Kier molecular flexibility index (Phi) is 1.78. The molecule has 0 unspecified atom stereocenters. The third-order valence-electron chi connectivity index (χ3n) is 1.64. The molecule has 0 radical (unpaired) electrons. The Morgan fingerprint density at radius 1 is 1.33 bits per heavy atom. The molecule has 0 spiro atoms. The Balaban J connectivity index is 2.88. The van der Waals surface area contributed by atoms with Gasteiger partial charge in [-0.2, -0.15) is 0 Å². The van der Waals surface area contributed by atoms with Gasteiger partial charge >= 0.3 is 11.6 Å². The van der Waals surface area contributed by atoms with Crippen molar-refractivity contribution >= 4 is 17.0 Å². The first kappa shape index (κ1) is 8.99. The monoisotopic (exact) mass is 209 g/mol. The van der Waals surface area contributed by atoms with Crippen LogP contribution in [0.5, 0.6) is 0 Å². The highest BCUT2D eigenvalue weighted by atomic mass is 16.6. The molecule has 76 valence electrons. The SMILES string of the molecule is O=c1[nH]c(=O)c2cnc([N+](=O)[O-])nc2[nH]1. The zero-order valence-corrected chi connectivity index (χ0v) is 7.05. The Bertz CT molecular complexity index is 656. The zero-order valence-electron chi connectivity index (χ0n) is 7.05. The highest BCUT2D eigenvalue weighted by Gasteiger charge is 2.13. The quantitative estimate of drug-likeness (QED) is 0.452. The van der Waals surface area contributed by atoms with Gasteiger partial charge in [-0.3, -0.25) is 14.8 Å². The minimum atomic E-state index is -0.820. The molecule has 0 atom stereocenters. The summed E-state index contributed by atoms with van der Waals surface area (Å²) in [5.41, 5.74) is -1.63. The maximum atomic E-state index is 11.2. The van der Waals surface area contributed by atoms with Crippen molar-refractivity contribution in [2.24, 2.45) is 0 Å². The van der Waals surface area contributed by atoms with Gasteiger partial charge in [0.1, 0.15) is 11.6 Å². The number of aromatic nitrogens is 4. The number of nitro groups is 1. The van der Waals surface area contributed by atoms with Gasteiger partial charge in [-0.15, -0.1) is 0 Å². The van der Waals surface area contributed by atoms with Gasteiger partial charge in [-0.05, 0) is 9.91 Å². The van der Waals surface area contributed by atoms with E-state index in [1.54, 1.807) is 0 Å². The summed E-state index contributed by atoms with van der Waals surface area (Å²) in [6.45, 7) is 0. The first-order chi connectivity index (χ1) is 7.08. The molecule has 2 heterocycles. The average molecular weight is 209 g/mol. The normalized spacial score (nSPS) is 10.4. The molecule has 0 bridgehead atoms. The molecular formula is C6H3N5O4. The largest absolute Gasteiger partial charge is 0.470 e. The molecule has 0 amide bonds. The van der Waals surface area contributed by atoms with Crippen LogP contribution in [0.15, 0.2) is 15.8 Å². The van der Waals surface area contributed by atoms with E-state index in [1.165, 1.54) is 0 Å². The summed E-state index contributed by atoms with van der Waals surface area (Å²) in [6.07, 6.45) is 0.981. The van der Waals surface area contributed by atoms with E-state index in [0.29, 0.717) is 0 Å². The molecule has 15 heavy (non-hydrogen) atoms. The topological polar surface area (TPSA) is 135 Å². The molecule has 0 saturated heterocycles. The maximum absolute atomic E-state index is 11.2. The van der Waals surface area contributed by atoms with Crippen molar-refractivity contribution in [2.75, 3.05) is 0 Å². The van der Waals surface area contributed by atoms with Crippen LogP contribution in [0.25, 0.3) is 11.0 Å². The standard InChI is InChI=1S/C6H3N5O4/c12-4-2-1-7-5(11(14)15)8-3(2)9-6(13)10-4/h1H,(H2,7,8,9,10,12,13). The van der Waals surface area contributed by atoms with Crippen LogP contribution in [0.3, 0.4) is 0 Å². The van der Waals surface area contributed by atoms with Gasteiger partial charge in [-0.25, -0.2) is 4.79 Å². The minimum absolute atomic E-state index is 0.0137. The van der Waals surface area contributed by atoms with E-state index in [4.69, 9.17) is 0 Å². The van der Waals surface area contributed by atoms with Crippen molar-refractivity contribution in [3.8, 4) is 0 Å². The number of H-pyrrole nitrogens is 2. The summed E-state index contributed by atoms with van der Waals surface area (Å²) in [4.78, 5) is 42.4. The van der Waals surface area contributed by atoms with Gasteiger partial charge in [0, 0.05) is 0 Å². The molecule has 0 aliphatic rings. The van der Waals surface area contributed by atoms with Gasteiger partial charge in [0.15, 0.2) is 0 Å². The first-order valence-electron chi connectivity index (χ1n) is 3.71. The molecule has 2 aromatic rings. The molecule has 2 rings (SSSR count). The van der Waals surface area contributed by atoms with Crippen LogP contribution in [-0.4, -0.2) is 24.9 Å². The van der Waals surface area contributed by atoms with Crippen LogP contribution in [0.1, 0.15) is 0 Å². The highest BCUT2D eigenvalue weighted by molar-refractivity contribution is 5.72. The number of rotatable bonds is 1. The van der Waals surface area contributed by atoms with E-state index in [2.05, 4.69) is 15.0 Å². The van der Waals surface area contributed by atoms with E-state index < -0.39 is 22.1 Å². The summed E-state index contributed by atoms with van der Waals surface area (Å²) >= 11 is 0. The summed E-state index contributed by atoms with van der Waals surface area (Å²) in [5, 5.41) is 10.3. The Hall–Kier alpha value is -2.58. The highest BCUT2D eigenvalue weighted by Crippen LogP contribution is 2.05. The lowest BCUT2D eigenvalue weighted by molar-refractivity contribution is -0.394. The molecule has 0 aliphatic heterocycles. The second kappa shape index (κ2) is 2.97. The van der Waals surface area contributed by atoms with Crippen LogP contribution in [0.2, 0.25) is 0 Å². The van der Waals surface area contributed by atoms with Crippen molar-refractivity contribution in [2.45, 2.75) is 0 Å². The van der Waals surface area contributed by atoms with Crippen LogP contribution < -0.4 is 11.2 Å². The second-order valence-electron chi connectivity index (χ2n) is 2.60. The van der Waals surface area contributed by atoms with Crippen LogP contribution in [0.4, 0.5) is 5.95 Å². The van der Waals surface area contributed by atoms with E-state index in [0.717, 1.165) is 6.20 Å². The average Bonchev–Trinajstić information content (AvgIpc) is 2.16. The van der Waals surface area contributed by atoms with E-state index >= 15 is 0 Å². The lowest BCUT2D eigenvalue weighted by atomic mass is 10.4. The number of fused-ring (bicyclic) bond motifs is 1. The number of nitrogens with one attached hydrogen (secondary N) is 2. The van der Waals surface area contributed by atoms with Gasteiger partial charge in [0.05, 0.1) is 0 Å². The first-order valence-corrected chi connectivity index (χ1v) is 3.71. The third kappa shape index (κ3) is 1.45. The number of hydrogen-bond donors (Lipinski definition) is 2. The molecule has 0 saturated carbocycles.